The molecule has 1 aliphatic rings. The number of amides is 1. The summed E-state index contributed by atoms with van der Waals surface area (Å²) in [5.74, 6) is 0.499. The van der Waals surface area contributed by atoms with E-state index in [9.17, 15) is 4.79 Å². The fourth-order valence-electron chi connectivity index (χ4n) is 2.10. The number of hydrogen-bond acceptors (Lipinski definition) is 2. The fourth-order valence-corrected chi connectivity index (χ4v) is 2.44. The van der Waals surface area contributed by atoms with Crippen molar-refractivity contribution in [3.8, 4) is 0 Å². The van der Waals surface area contributed by atoms with Gasteiger partial charge in [0, 0.05) is 30.4 Å². The minimum absolute atomic E-state index is 0.0474. The van der Waals surface area contributed by atoms with Crippen LogP contribution in [0.5, 0.6) is 0 Å². The summed E-state index contributed by atoms with van der Waals surface area (Å²) in [6, 6.07) is 1.79. The molecule has 1 aromatic rings. The number of aromatic nitrogens is 1. The lowest BCUT2D eigenvalue weighted by Gasteiger charge is -2.15. The zero-order valence-corrected chi connectivity index (χ0v) is 10.5. The third-order valence-corrected chi connectivity index (χ3v) is 3.45. The number of aliphatic hydroxyl groups excluding tert-OH is 1. The first-order valence-electron chi connectivity index (χ1n) is 5.44. The second-order valence-corrected chi connectivity index (χ2v) is 5.07. The van der Waals surface area contributed by atoms with Crippen molar-refractivity contribution >= 4 is 21.8 Å². The van der Waals surface area contributed by atoms with Crippen LogP contribution in [0, 0.1) is 5.92 Å². The van der Waals surface area contributed by atoms with Crippen LogP contribution in [0.3, 0.4) is 0 Å². The molecular weight excluding hydrogens is 272 g/mol. The van der Waals surface area contributed by atoms with Crippen molar-refractivity contribution in [2.75, 3.05) is 19.7 Å². The molecule has 0 aromatic carbocycles. The number of carbonyl (C=O) groups excluding carboxylic acids is 1. The van der Waals surface area contributed by atoms with Crippen molar-refractivity contribution in [3.05, 3.63) is 22.4 Å². The van der Waals surface area contributed by atoms with E-state index in [0.29, 0.717) is 11.6 Å². The first-order valence-corrected chi connectivity index (χ1v) is 6.24. The Bertz CT molecular complexity index is 378. The first-order chi connectivity index (χ1) is 7.70. The topological polar surface area (TPSA) is 56.3 Å². The summed E-state index contributed by atoms with van der Waals surface area (Å²) in [7, 11) is 0. The lowest BCUT2D eigenvalue weighted by molar-refractivity contribution is 0.0779. The summed E-state index contributed by atoms with van der Waals surface area (Å²) < 4.78 is 0.891. The molecule has 1 aliphatic heterocycles. The summed E-state index contributed by atoms with van der Waals surface area (Å²) in [6.07, 6.45) is 3.54. The van der Waals surface area contributed by atoms with E-state index in [4.69, 9.17) is 5.11 Å². The molecule has 1 saturated heterocycles. The van der Waals surface area contributed by atoms with Crippen LogP contribution < -0.4 is 0 Å². The SMILES string of the molecule is O=C(c1cc(Br)c[nH]1)N1CCC(CCO)C1. The summed E-state index contributed by atoms with van der Waals surface area (Å²) in [5.41, 5.74) is 0.622. The van der Waals surface area contributed by atoms with E-state index in [-0.39, 0.29) is 12.5 Å². The molecule has 0 radical (unpaired) electrons. The van der Waals surface area contributed by atoms with Gasteiger partial charge in [-0.3, -0.25) is 4.79 Å². The van der Waals surface area contributed by atoms with Gasteiger partial charge in [-0.05, 0) is 40.8 Å². The Morgan fingerprint density at radius 2 is 2.50 bits per heavy atom. The van der Waals surface area contributed by atoms with Gasteiger partial charge in [-0.15, -0.1) is 0 Å². The van der Waals surface area contributed by atoms with Gasteiger partial charge in [0.2, 0.25) is 0 Å². The summed E-state index contributed by atoms with van der Waals surface area (Å²) >= 11 is 3.31. The van der Waals surface area contributed by atoms with Crippen molar-refractivity contribution in [1.29, 1.82) is 0 Å². The quantitative estimate of drug-likeness (QED) is 0.887. The fraction of sp³-hybridized carbons (Fsp3) is 0.545. The predicted octanol–water partition coefficient (Wildman–Crippen LogP) is 1.62. The normalized spacial score (nSPS) is 20.4. The van der Waals surface area contributed by atoms with Crippen molar-refractivity contribution in [1.82, 2.24) is 9.88 Å². The van der Waals surface area contributed by atoms with Crippen LogP contribution in [-0.4, -0.2) is 40.6 Å². The number of H-pyrrole nitrogens is 1. The molecule has 1 amide bonds. The van der Waals surface area contributed by atoms with Gasteiger partial charge in [-0.2, -0.15) is 0 Å². The highest BCUT2D eigenvalue weighted by atomic mass is 79.9. The van der Waals surface area contributed by atoms with Gasteiger partial charge in [-0.1, -0.05) is 0 Å². The molecule has 0 saturated carbocycles. The van der Waals surface area contributed by atoms with Crippen molar-refractivity contribution in [3.63, 3.8) is 0 Å². The Morgan fingerprint density at radius 1 is 1.69 bits per heavy atom. The maximum atomic E-state index is 12.0. The van der Waals surface area contributed by atoms with Crippen LogP contribution in [0.4, 0.5) is 0 Å². The number of nitrogens with zero attached hydrogens (tertiary/aromatic N) is 1. The molecule has 88 valence electrons. The predicted molar refractivity (Wildman–Crippen MR) is 64.2 cm³/mol. The Hall–Kier alpha value is -0.810. The van der Waals surface area contributed by atoms with Gasteiger partial charge in [-0.25, -0.2) is 0 Å². The average molecular weight is 287 g/mol. The molecule has 2 rings (SSSR count). The number of rotatable bonds is 3. The lowest BCUT2D eigenvalue weighted by Crippen LogP contribution is -2.29. The molecule has 5 heteroatoms. The molecule has 0 bridgehead atoms. The zero-order chi connectivity index (χ0) is 11.5. The number of nitrogens with one attached hydrogen (secondary N) is 1. The molecule has 1 aromatic heterocycles. The second kappa shape index (κ2) is 5.01. The van der Waals surface area contributed by atoms with Gasteiger partial charge in [0.25, 0.3) is 5.91 Å². The number of carbonyl (C=O) groups is 1. The third kappa shape index (κ3) is 2.47. The van der Waals surface area contributed by atoms with Gasteiger partial charge in [0.1, 0.15) is 5.69 Å². The number of aromatic amines is 1. The molecule has 1 atom stereocenters. The maximum absolute atomic E-state index is 12.0. The van der Waals surface area contributed by atoms with Crippen LogP contribution in [0.25, 0.3) is 0 Å². The van der Waals surface area contributed by atoms with E-state index in [1.165, 1.54) is 0 Å². The number of aliphatic hydroxyl groups is 1. The average Bonchev–Trinajstić information content (AvgIpc) is 2.87. The summed E-state index contributed by atoms with van der Waals surface area (Å²) in [4.78, 5) is 16.8. The monoisotopic (exact) mass is 286 g/mol. The first kappa shape index (κ1) is 11.7. The van der Waals surface area contributed by atoms with Crippen LogP contribution in [0.1, 0.15) is 23.3 Å². The largest absolute Gasteiger partial charge is 0.396 e. The molecule has 2 heterocycles. The smallest absolute Gasteiger partial charge is 0.270 e. The highest BCUT2D eigenvalue weighted by molar-refractivity contribution is 9.10. The minimum Gasteiger partial charge on any atom is -0.396 e. The van der Waals surface area contributed by atoms with Crippen molar-refractivity contribution in [2.45, 2.75) is 12.8 Å². The maximum Gasteiger partial charge on any atom is 0.270 e. The van der Waals surface area contributed by atoms with Gasteiger partial charge < -0.3 is 15.0 Å². The zero-order valence-electron chi connectivity index (χ0n) is 8.95. The molecule has 1 unspecified atom stereocenters. The number of halogens is 1. The van der Waals surface area contributed by atoms with Crippen LogP contribution in [0.15, 0.2) is 16.7 Å². The number of hydrogen-bond donors (Lipinski definition) is 2. The van der Waals surface area contributed by atoms with Gasteiger partial charge in [0.05, 0.1) is 0 Å². The molecule has 0 aliphatic carbocycles. The Kier molecular flexibility index (Phi) is 3.66. The van der Waals surface area contributed by atoms with E-state index in [1.54, 1.807) is 12.3 Å². The van der Waals surface area contributed by atoms with Crippen LogP contribution in [-0.2, 0) is 0 Å². The van der Waals surface area contributed by atoms with E-state index < -0.39 is 0 Å². The molecular formula is C11H15BrN2O2. The molecule has 1 fully saturated rings. The second-order valence-electron chi connectivity index (χ2n) is 4.15. The van der Waals surface area contributed by atoms with Crippen molar-refractivity contribution in [2.24, 2.45) is 5.92 Å². The minimum atomic E-state index is 0.0474. The third-order valence-electron chi connectivity index (χ3n) is 2.99. The van der Waals surface area contributed by atoms with E-state index >= 15 is 0 Å². The van der Waals surface area contributed by atoms with E-state index in [1.807, 2.05) is 4.90 Å². The highest BCUT2D eigenvalue weighted by Crippen LogP contribution is 2.21. The number of likely N-dealkylation sites (tertiary alicyclic amines) is 1. The Morgan fingerprint density at radius 3 is 3.12 bits per heavy atom. The molecule has 16 heavy (non-hydrogen) atoms. The van der Waals surface area contributed by atoms with Gasteiger partial charge in [0.15, 0.2) is 0 Å². The van der Waals surface area contributed by atoms with Gasteiger partial charge >= 0.3 is 0 Å². The molecule has 4 nitrogen and oxygen atoms in total. The molecule has 0 spiro atoms. The Labute approximate surface area is 103 Å². The Balaban J connectivity index is 1.97. The van der Waals surface area contributed by atoms with Crippen LogP contribution >= 0.6 is 15.9 Å². The van der Waals surface area contributed by atoms with Crippen molar-refractivity contribution < 1.29 is 9.90 Å². The summed E-state index contributed by atoms with van der Waals surface area (Å²) in [5, 5.41) is 8.86. The standard InChI is InChI=1S/C11H15BrN2O2/c12-9-5-10(13-6-9)11(16)14-3-1-8(7-14)2-4-15/h5-6,8,13,15H,1-4,7H2. The van der Waals surface area contributed by atoms with E-state index in [0.717, 1.165) is 30.4 Å². The summed E-state index contributed by atoms with van der Waals surface area (Å²) in [6.45, 7) is 1.76. The highest BCUT2D eigenvalue weighted by Gasteiger charge is 2.26. The van der Waals surface area contributed by atoms with E-state index in [2.05, 4.69) is 20.9 Å². The lowest BCUT2D eigenvalue weighted by atomic mass is 10.1. The van der Waals surface area contributed by atoms with Crippen LogP contribution in [0.2, 0.25) is 0 Å². The molecule has 2 N–H and O–H groups in total.